The molecule has 0 spiro atoms. The van der Waals surface area contributed by atoms with Gasteiger partial charge in [0.15, 0.2) is 18.1 Å². The second-order valence-electron chi connectivity index (χ2n) is 6.55. The SMILES string of the molecule is CCOC(=O)COc1c(Br)cc(/C=C(\C#N)C(=O)Nc2ccc(C)c(C)c2)cc1OC. The maximum Gasteiger partial charge on any atom is 0.344 e. The summed E-state index contributed by atoms with van der Waals surface area (Å²) in [6.07, 6.45) is 1.44. The molecule has 7 nitrogen and oxygen atoms in total. The summed E-state index contributed by atoms with van der Waals surface area (Å²) in [6.45, 7) is 5.61. The number of benzene rings is 2. The molecule has 1 amide bonds. The lowest BCUT2D eigenvalue weighted by molar-refractivity contribution is -0.145. The van der Waals surface area contributed by atoms with E-state index in [0.29, 0.717) is 27.2 Å². The summed E-state index contributed by atoms with van der Waals surface area (Å²) in [4.78, 5) is 24.1. The van der Waals surface area contributed by atoms with Crippen LogP contribution in [0.1, 0.15) is 23.6 Å². The number of anilines is 1. The molecule has 8 heteroatoms. The topological polar surface area (TPSA) is 97.7 Å². The number of hydrogen-bond donors (Lipinski definition) is 1. The molecular formula is C23H23BrN2O5. The third kappa shape index (κ3) is 6.59. The van der Waals surface area contributed by atoms with Crippen molar-refractivity contribution in [3.8, 4) is 17.6 Å². The van der Waals surface area contributed by atoms with Gasteiger partial charge in [-0.15, -0.1) is 0 Å². The van der Waals surface area contributed by atoms with Crippen LogP contribution < -0.4 is 14.8 Å². The number of nitriles is 1. The van der Waals surface area contributed by atoms with Crippen molar-refractivity contribution in [3.05, 3.63) is 57.1 Å². The summed E-state index contributed by atoms with van der Waals surface area (Å²) < 4.78 is 16.2. The summed E-state index contributed by atoms with van der Waals surface area (Å²) >= 11 is 3.38. The van der Waals surface area contributed by atoms with Gasteiger partial charge in [0.05, 0.1) is 18.2 Å². The average molecular weight is 487 g/mol. The number of hydrogen-bond acceptors (Lipinski definition) is 6. The van der Waals surface area contributed by atoms with Crippen LogP contribution in [0.5, 0.6) is 11.5 Å². The molecule has 0 aliphatic carbocycles. The van der Waals surface area contributed by atoms with Crippen LogP contribution in [0.15, 0.2) is 40.4 Å². The quantitative estimate of drug-likeness (QED) is 0.333. The third-order valence-electron chi connectivity index (χ3n) is 4.33. The van der Waals surface area contributed by atoms with Crippen LogP contribution in [0.4, 0.5) is 5.69 Å². The second-order valence-corrected chi connectivity index (χ2v) is 7.41. The van der Waals surface area contributed by atoms with Crippen molar-refractivity contribution in [2.24, 2.45) is 0 Å². The van der Waals surface area contributed by atoms with Crippen molar-refractivity contribution >= 4 is 39.6 Å². The average Bonchev–Trinajstić information content (AvgIpc) is 2.73. The van der Waals surface area contributed by atoms with Gasteiger partial charge in [0, 0.05) is 5.69 Å². The van der Waals surface area contributed by atoms with Crippen LogP contribution in [-0.2, 0) is 14.3 Å². The number of nitrogens with zero attached hydrogens (tertiary/aromatic N) is 1. The lowest BCUT2D eigenvalue weighted by Gasteiger charge is -2.13. The minimum Gasteiger partial charge on any atom is -0.493 e. The fraction of sp³-hybridized carbons (Fsp3) is 0.261. The van der Waals surface area contributed by atoms with E-state index in [1.807, 2.05) is 32.0 Å². The molecule has 0 saturated heterocycles. The molecule has 0 bridgehead atoms. The van der Waals surface area contributed by atoms with Gasteiger partial charge >= 0.3 is 5.97 Å². The largest absolute Gasteiger partial charge is 0.493 e. The molecule has 2 aromatic rings. The summed E-state index contributed by atoms with van der Waals surface area (Å²) in [7, 11) is 1.45. The normalized spacial score (nSPS) is 10.8. The van der Waals surface area contributed by atoms with Crippen LogP contribution in [0.25, 0.3) is 6.08 Å². The number of amides is 1. The van der Waals surface area contributed by atoms with Gasteiger partial charge in [-0.25, -0.2) is 4.79 Å². The Labute approximate surface area is 189 Å². The molecule has 0 aliphatic heterocycles. The number of nitrogens with one attached hydrogen (secondary N) is 1. The Morgan fingerprint density at radius 3 is 2.55 bits per heavy atom. The lowest BCUT2D eigenvalue weighted by Crippen LogP contribution is -2.15. The Morgan fingerprint density at radius 2 is 1.94 bits per heavy atom. The number of carbonyl (C=O) groups is 2. The Kier molecular flexibility index (Phi) is 8.64. The molecule has 2 rings (SSSR count). The number of methoxy groups -OCH3 is 1. The minimum absolute atomic E-state index is 0.0765. The van der Waals surface area contributed by atoms with E-state index in [1.54, 1.807) is 25.1 Å². The maximum absolute atomic E-state index is 12.6. The number of rotatable bonds is 8. The van der Waals surface area contributed by atoms with E-state index < -0.39 is 11.9 Å². The smallest absolute Gasteiger partial charge is 0.344 e. The van der Waals surface area contributed by atoms with E-state index in [9.17, 15) is 14.9 Å². The fourth-order valence-electron chi connectivity index (χ4n) is 2.63. The molecule has 162 valence electrons. The van der Waals surface area contributed by atoms with Gasteiger partial charge in [-0.2, -0.15) is 5.26 Å². The van der Waals surface area contributed by atoms with Gasteiger partial charge in [0.1, 0.15) is 11.6 Å². The number of ether oxygens (including phenoxy) is 3. The summed E-state index contributed by atoms with van der Waals surface area (Å²) in [5.41, 5.74) is 3.21. The molecule has 31 heavy (non-hydrogen) atoms. The molecule has 0 fully saturated rings. The first kappa shape index (κ1) is 24.0. The predicted molar refractivity (Wildman–Crippen MR) is 121 cm³/mol. The highest BCUT2D eigenvalue weighted by atomic mass is 79.9. The molecule has 2 aromatic carbocycles. The number of aryl methyl sites for hydroxylation is 2. The first-order valence-corrected chi connectivity index (χ1v) is 10.2. The Morgan fingerprint density at radius 1 is 1.19 bits per heavy atom. The molecular weight excluding hydrogens is 464 g/mol. The predicted octanol–water partition coefficient (Wildman–Crippen LogP) is 4.56. The highest BCUT2D eigenvalue weighted by Crippen LogP contribution is 2.37. The zero-order valence-electron chi connectivity index (χ0n) is 17.7. The number of esters is 1. The molecule has 0 atom stereocenters. The van der Waals surface area contributed by atoms with Gasteiger partial charge in [-0.05, 0) is 83.7 Å². The zero-order chi connectivity index (χ0) is 23.0. The standard InChI is InChI=1S/C23H23BrN2O5/c1-5-30-21(27)13-31-22-19(24)10-16(11-20(22)29-4)9-17(12-25)23(28)26-18-7-6-14(2)15(3)8-18/h6-11H,5,13H2,1-4H3,(H,26,28)/b17-9+. The van der Waals surface area contributed by atoms with Crippen LogP contribution >= 0.6 is 15.9 Å². The highest BCUT2D eigenvalue weighted by Gasteiger charge is 2.15. The number of carbonyl (C=O) groups excluding carboxylic acids is 2. The van der Waals surface area contributed by atoms with E-state index >= 15 is 0 Å². The first-order valence-electron chi connectivity index (χ1n) is 9.45. The van der Waals surface area contributed by atoms with Crippen molar-refractivity contribution in [2.75, 3.05) is 25.6 Å². The Bertz CT molecular complexity index is 1060. The van der Waals surface area contributed by atoms with Crippen molar-refractivity contribution in [3.63, 3.8) is 0 Å². The van der Waals surface area contributed by atoms with E-state index in [1.165, 1.54) is 13.2 Å². The molecule has 0 unspecified atom stereocenters. The van der Waals surface area contributed by atoms with Crippen molar-refractivity contribution in [2.45, 2.75) is 20.8 Å². The maximum atomic E-state index is 12.6. The molecule has 0 heterocycles. The summed E-state index contributed by atoms with van der Waals surface area (Å²) in [5.74, 6) is -0.388. The van der Waals surface area contributed by atoms with Gasteiger partial charge in [0.25, 0.3) is 5.91 Å². The molecule has 0 aliphatic rings. The van der Waals surface area contributed by atoms with E-state index in [4.69, 9.17) is 14.2 Å². The van der Waals surface area contributed by atoms with E-state index in [0.717, 1.165) is 11.1 Å². The molecule has 1 N–H and O–H groups in total. The number of halogens is 1. The summed E-state index contributed by atoms with van der Waals surface area (Å²) in [6, 6.07) is 10.7. The van der Waals surface area contributed by atoms with Gasteiger partial charge in [0.2, 0.25) is 0 Å². The van der Waals surface area contributed by atoms with Crippen LogP contribution in [0.3, 0.4) is 0 Å². The molecule has 0 saturated carbocycles. The minimum atomic E-state index is -0.525. The first-order chi connectivity index (χ1) is 14.8. The zero-order valence-corrected chi connectivity index (χ0v) is 19.3. The van der Waals surface area contributed by atoms with Crippen LogP contribution in [-0.4, -0.2) is 32.2 Å². The Balaban J connectivity index is 2.25. The molecule has 0 aromatic heterocycles. The van der Waals surface area contributed by atoms with E-state index in [2.05, 4.69) is 21.2 Å². The highest BCUT2D eigenvalue weighted by molar-refractivity contribution is 9.10. The van der Waals surface area contributed by atoms with Gasteiger partial charge in [-0.1, -0.05) is 6.07 Å². The van der Waals surface area contributed by atoms with Gasteiger partial charge in [-0.3, -0.25) is 4.79 Å². The summed E-state index contributed by atoms with van der Waals surface area (Å²) in [5, 5.41) is 12.2. The van der Waals surface area contributed by atoms with Crippen LogP contribution in [0, 0.1) is 25.2 Å². The lowest BCUT2D eigenvalue weighted by atomic mass is 10.1. The Hall–Kier alpha value is -3.31. The molecule has 0 radical (unpaired) electrons. The van der Waals surface area contributed by atoms with Crippen LogP contribution in [0.2, 0.25) is 0 Å². The van der Waals surface area contributed by atoms with Gasteiger partial charge < -0.3 is 19.5 Å². The monoisotopic (exact) mass is 486 g/mol. The van der Waals surface area contributed by atoms with Crippen molar-refractivity contribution < 1.29 is 23.8 Å². The second kappa shape index (κ2) is 11.2. The fourth-order valence-corrected chi connectivity index (χ4v) is 3.20. The van der Waals surface area contributed by atoms with Crippen molar-refractivity contribution in [1.29, 1.82) is 5.26 Å². The van der Waals surface area contributed by atoms with Crippen molar-refractivity contribution in [1.82, 2.24) is 0 Å². The van der Waals surface area contributed by atoms with E-state index in [-0.39, 0.29) is 18.8 Å². The third-order valence-corrected chi connectivity index (χ3v) is 4.92.